The van der Waals surface area contributed by atoms with Crippen molar-refractivity contribution in [1.82, 2.24) is 24.6 Å². The molecule has 1 amide bonds. The Morgan fingerprint density at radius 2 is 1.81 bits per heavy atom. The highest BCUT2D eigenvalue weighted by Gasteiger charge is 2.22. The fourth-order valence-corrected chi connectivity index (χ4v) is 5.61. The van der Waals surface area contributed by atoms with E-state index in [1.54, 1.807) is 0 Å². The maximum absolute atomic E-state index is 11.8. The topological polar surface area (TPSA) is 92.8 Å². The first-order chi connectivity index (χ1) is 17.4. The van der Waals surface area contributed by atoms with Crippen LogP contribution in [0.3, 0.4) is 0 Å². The summed E-state index contributed by atoms with van der Waals surface area (Å²) in [4.78, 5) is 22.3. The number of hydrogen-bond acceptors (Lipinski definition) is 4. The molecule has 1 aliphatic heterocycles. The summed E-state index contributed by atoms with van der Waals surface area (Å²) in [5.41, 5.74) is 14.4. The summed E-state index contributed by atoms with van der Waals surface area (Å²) in [6, 6.07) is 12.9. The van der Waals surface area contributed by atoms with Gasteiger partial charge in [-0.3, -0.25) is 9.48 Å². The summed E-state index contributed by atoms with van der Waals surface area (Å²) in [6.07, 6.45) is 8.15. The Labute approximate surface area is 209 Å². The Morgan fingerprint density at radius 1 is 1.00 bits per heavy atom. The summed E-state index contributed by atoms with van der Waals surface area (Å²) < 4.78 is 2.21. The van der Waals surface area contributed by atoms with Crippen molar-refractivity contribution in [1.29, 1.82) is 0 Å². The molecule has 0 spiro atoms. The van der Waals surface area contributed by atoms with Gasteiger partial charge >= 0.3 is 0 Å². The molecule has 0 radical (unpaired) electrons. The molecule has 3 aromatic heterocycles. The zero-order valence-corrected chi connectivity index (χ0v) is 20.9. The van der Waals surface area contributed by atoms with E-state index in [1.807, 2.05) is 44.6 Å². The van der Waals surface area contributed by atoms with Crippen LogP contribution in [0.15, 0.2) is 55.0 Å². The van der Waals surface area contributed by atoms with Crippen molar-refractivity contribution in [3.63, 3.8) is 0 Å². The number of nitrogens with zero attached hydrogens (tertiary/aromatic N) is 4. The molecule has 1 saturated heterocycles. The number of benzene rings is 2. The summed E-state index contributed by atoms with van der Waals surface area (Å²) in [5.74, 6) is -0.404. The Hall–Kier alpha value is -3.97. The number of hydrogen-bond donors (Lipinski definition) is 2. The van der Waals surface area contributed by atoms with Crippen molar-refractivity contribution in [3.8, 4) is 22.3 Å². The van der Waals surface area contributed by atoms with Crippen LogP contribution in [0.2, 0.25) is 0 Å². The van der Waals surface area contributed by atoms with Crippen LogP contribution in [0.25, 0.3) is 44.2 Å². The van der Waals surface area contributed by atoms with Crippen molar-refractivity contribution >= 4 is 27.8 Å². The second-order valence-corrected chi connectivity index (χ2v) is 9.96. The van der Waals surface area contributed by atoms with Crippen molar-refractivity contribution in [2.45, 2.75) is 32.7 Å². The fourth-order valence-electron chi connectivity index (χ4n) is 5.61. The molecule has 0 bridgehead atoms. The van der Waals surface area contributed by atoms with Gasteiger partial charge in [-0.25, -0.2) is 4.98 Å². The molecule has 7 heteroatoms. The summed E-state index contributed by atoms with van der Waals surface area (Å²) in [7, 11) is 2.18. The number of amides is 1. The van der Waals surface area contributed by atoms with Crippen molar-refractivity contribution in [3.05, 3.63) is 71.7 Å². The molecule has 1 aliphatic rings. The minimum Gasteiger partial charge on any atom is -0.366 e. The first-order valence-electron chi connectivity index (χ1n) is 12.4. The molecule has 0 atom stereocenters. The van der Waals surface area contributed by atoms with E-state index in [0.29, 0.717) is 11.6 Å². The van der Waals surface area contributed by atoms with Gasteiger partial charge in [0.2, 0.25) is 5.91 Å². The van der Waals surface area contributed by atoms with E-state index < -0.39 is 5.91 Å². The number of H-pyrrole nitrogens is 1. The van der Waals surface area contributed by atoms with Gasteiger partial charge in [0.05, 0.1) is 17.8 Å². The second-order valence-electron chi connectivity index (χ2n) is 9.96. The molecule has 0 aliphatic carbocycles. The lowest BCUT2D eigenvalue weighted by Gasteiger charge is -2.29. The highest BCUT2D eigenvalue weighted by Crippen LogP contribution is 2.37. The van der Waals surface area contributed by atoms with E-state index in [9.17, 15) is 4.79 Å². The molecule has 36 heavy (non-hydrogen) atoms. The number of carbonyl (C=O) groups is 1. The van der Waals surface area contributed by atoms with E-state index in [1.165, 1.54) is 5.52 Å². The molecule has 0 unspecified atom stereocenters. The number of likely N-dealkylation sites (tertiary alicyclic amines) is 1. The monoisotopic (exact) mass is 478 g/mol. The number of pyridine rings is 1. The third kappa shape index (κ3) is 3.58. The quantitative estimate of drug-likeness (QED) is 0.370. The Balaban J connectivity index is 1.45. The lowest BCUT2D eigenvalue weighted by molar-refractivity contribution is 0.0999. The molecule has 4 heterocycles. The maximum atomic E-state index is 11.8. The van der Waals surface area contributed by atoms with Crippen LogP contribution < -0.4 is 5.73 Å². The smallest absolute Gasteiger partial charge is 0.248 e. The lowest BCUT2D eigenvalue weighted by Crippen LogP contribution is -2.31. The minimum absolute atomic E-state index is 0.404. The van der Waals surface area contributed by atoms with E-state index in [-0.39, 0.29) is 0 Å². The van der Waals surface area contributed by atoms with Gasteiger partial charge < -0.3 is 15.6 Å². The number of aromatic nitrogens is 4. The second kappa shape index (κ2) is 8.60. The van der Waals surface area contributed by atoms with E-state index in [0.717, 1.165) is 75.7 Å². The summed E-state index contributed by atoms with van der Waals surface area (Å²) >= 11 is 0. The zero-order valence-electron chi connectivity index (χ0n) is 20.9. The van der Waals surface area contributed by atoms with E-state index in [4.69, 9.17) is 15.8 Å². The van der Waals surface area contributed by atoms with Gasteiger partial charge in [-0.15, -0.1) is 0 Å². The molecular formula is C29H30N6O. The van der Waals surface area contributed by atoms with Gasteiger partial charge in [-0.05, 0) is 87.3 Å². The first kappa shape index (κ1) is 22.5. The number of primary amides is 1. The van der Waals surface area contributed by atoms with E-state index >= 15 is 0 Å². The van der Waals surface area contributed by atoms with Gasteiger partial charge in [-0.1, -0.05) is 18.2 Å². The molecule has 6 rings (SSSR count). The normalized spacial score (nSPS) is 15.2. The van der Waals surface area contributed by atoms with Crippen molar-refractivity contribution < 1.29 is 4.79 Å². The third-order valence-electron chi connectivity index (χ3n) is 7.86. The largest absolute Gasteiger partial charge is 0.366 e. The van der Waals surface area contributed by atoms with Crippen LogP contribution in [0, 0.1) is 13.8 Å². The molecule has 1 fully saturated rings. The minimum atomic E-state index is -0.404. The van der Waals surface area contributed by atoms with Gasteiger partial charge in [0.1, 0.15) is 5.65 Å². The maximum Gasteiger partial charge on any atom is 0.248 e. The van der Waals surface area contributed by atoms with Crippen LogP contribution in [0.4, 0.5) is 0 Å². The van der Waals surface area contributed by atoms with Gasteiger partial charge in [0.25, 0.3) is 0 Å². The zero-order chi connectivity index (χ0) is 25.0. The molecule has 5 aromatic rings. The molecular weight excluding hydrogens is 448 g/mol. The fraction of sp³-hybridized carbons (Fsp3) is 0.276. The number of carbonyl (C=O) groups excluding carboxylic acids is 1. The van der Waals surface area contributed by atoms with E-state index in [2.05, 4.69) is 45.9 Å². The Bertz CT molecular complexity index is 1620. The van der Waals surface area contributed by atoms with Gasteiger partial charge in [0, 0.05) is 39.9 Å². The van der Waals surface area contributed by atoms with Crippen molar-refractivity contribution in [2.24, 2.45) is 5.73 Å². The molecule has 182 valence electrons. The number of piperidine rings is 1. The summed E-state index contributed by atoms with van der Waals surface area (Å²) in [6.45, 7) is 6.18. The third-order valence-corrected chi connectivity index (χ3v) is 7.86. The first-order valence-corrected chi connectivity index (χ1v) is 12.4. The molecule has 0 saturated carbocycles. The average Bonchev–Trinajstić information content (AvgIpc) is 3.50. The Kier molecular flexibility index (Phi) is 5.38. The number of fused-ring (bicyclic) bond motifs is 2. The number of rotatable bonds is 4. The van der Waals surface area contributed by atoms with Crippen molar-refractivity contribution in [2.75, 3.05) is 20.1 Å². The number of nitrogens with two attached hydrogens (primary N) is 1. The molecule has 2 aromatic carbocycles. The summed E-state index contributed by atoms with van der Waals surface area (Å²) in [5, 5.41) is 7.01. The van der Waals surface area contributed by atoms with Crippen LogP contribution in [-0.4, -0.2) is 50.7 Å². The van der Waals surface area contributed by atoms with Crippen LogP contribution in [-0.2, 0) is 0 Å². The van der Waals surface area contributed by atoms with Crippen LogP contribution in [0.1, 0.15) is 40.4 Å². The highest BCUT2D eigenvalue weighted by atomic mass is 16.1. The number of aromatic amines is 1. The van der Waals surface area contributed by atoms with Crippen LogP contribution in [0.5, 0.6) is 0 Å². The standard InChI is InChI=1S/C29H30N6O/c1-17-18(2)22(28(30)36)8-7-21(17)25-15-32-29-24(25)13-19(14-31-29)23-5-4-6-27-26(23)16-33-35(27)20-9-11-34(3)12-10-20/h4-8,13-16,20H,9-12H2,1-3H3,(H2,30,36)(H,31,32). The predicted octanol–water partition coefficient (Wildman–Crippen LogP) is 5.23. The van der Waals surface area contributed by atoms with Gasteiger partial charge in [0.15, 0.2) is 0 Å². The Morgan fingerprint density at radius 3 is 2.58 bits per heavy atom. The molecule has 3 N–H and O–H groups in total. The SMILES string of the molecule is Cc1c(C(N)=O)ccc(-c2c[nH]c3ncc(-c4cccc5c4cnn5C4CCN(C)CC4)cc23)c1C. The predicted molar refractivity (Wildman–Crippen MR) is 144 cm³/mol. The van der Waals surface area contributed by atoms with Crippen LogP contribution >= 0.6 is 0 Å². The van der Waals surface area contributed by atoms with Gasteiger partial charge in [-0.2, -0.15) is 5.10 Å². The average molecular weight is 479 g/mol. The molecule has 7 nitrogen and oxygen atoms in total. The highest BCUT2D eigenvalue weighted by molar-refractivity contribution is 6.01. The lowest BCUT2D eigenvalue weighted by atomic mass is 9.93. The number of nitrogens with one attached hydrogen (secondary N) is 1.